The molecule has 0 saturated carbocycles. The molecule has 0 spiro atoms. The van der Waals surface area contributed by atoms with Gasteiger partial charge < -0.3 is 9.84 Å². The Hall–Kier alpha value is -2.61. The van der Waals surface area contributed by atoms with E-state index < -0.39 is 17.5 Å². The van der Waals surface area contributed by atoms with E-state index in [-0.39, 0.29) is 5.56 Å². The maximum atomic E-state index is 11.1. The van der Waals surface area contributed by atoms with Crippen molar-refractivity contribution in [1.29, 1.82) is 5.26 Å². The molecule has 17 heavy (non-hydrogen) atoms. The summed E-state index contributed by atoms with van der Waals surface area (Å²) in [6, 6.07) is 7.92. The van der Waals surface area contributed by atoms with Gasteiger partial charge in [0.05, 0.1) is 18.7 Å². The molecule has 1 N–H and O–H groups in total. The van der Waals surface area contributed by atoms with Gasteiger partial charge in [-0.05, 0) is 12.1 Å². The minimum absolute atomic E-state index is 0.279. The molecule has 0 atom stereocenters. The van der Waals surface area contributed by atoms with Crippen LogP contribution in [-0.4, -0.2) is 24.0 Å². The minimum atomic E-state index is -1.06. The highest BCUT2D eigenvalue weighted by molar-refractivity contribution is 6.39. The number of rotatable bonds is 3. The number of ketones is 1. The number of carbonyl (C=O) groups is 2. The molecular formula is C12H9NO4. The van der Waals surface area contributed by atoms with Crippen molar-refractivity contribution in [2.45, 2.75) is 0 Å². The van der Waals surface area contributed by atoms with Crippen LogP contribution in [0.4, 0.5) is 0 Å². The number of hydrogen-bond acceptors (Lipinski definition) is 5. The molecule has 0 aliphatic heterocycles. The van der Waals surface area contributed by atoms with Gasteiger partial charge in [-0.15, -0.1) is 0 Å². The Kier molecular flexibility index (Phi) is 4.01. The van der Waals surface area contributed by atoms with Gasteiger partial charge in [0.15, 0.2) is 0 Å². The first-order chi connectivity index (χ1) is 8.08. The van der Waals surface area contributed by atoms with Gasteiger partial charge in [0.25, 0.3) is 5.78 Å². The van der Waals surface area contributed by atoms with Gasteiger partial charge in [-0.2, -0.15) is 5.26 Å². The summed E-state index contributed by atoms with van der Waals surface area (Å²) < 4.78 is 4.20. The lowest BCUT2D eigenvalue weighted by atomic mass is 10.1. The molecule has 5 nitrogen and oxygen atoms in total. The van der Waals surface area contributed by atoms with E-state index in [1.54, 1.807) is 12.1 Å². The van der Waals surface area contributed by atoms with Gasteiger partial charge in [-0.25, -0.2) is 4.79 Å². The van der Waals surface area contributed by atoms with E-state index >= 15 is 0 Å². The average molecular weight is 231 g/mol. The lowest BCUT2D eigenvalue weighted by molar-refractivity contribution is -0.149. The molecule has 0 heterocycles. The van der Waals surface area contributed by atoms with Gasteiger partial charge in [0.1, 0.15) is 5.76 Å². The monoisotopic (exact) mass is 231 g/mol. The first kappa shape index (κ1) is 12.5. The Bertz CT molecular complexity index is 526. The topological polar surface area (TPSA) is 87.4 Å². The van der Waals surface area contributed by atoms with Crippen LogP contribution in [0.2, 0.25) is 0 Å². The molecular weight excluding hydrogens is 222 g/mol. The van der Waals surface area contributed by atoms with Crippen molar-refractivity contribution in [3.63, 3.8) is 0 Å². The second-order valence-corrected chi connectivity index (χ2v) is 3.08. The number of nitriles is 1. The molecule has 0 amide bonds. The molecule has 0 aromatic heterocycles. The Labute approximate surface area is 97.6 Å². The summed E-state index contributed by atoms with van der Waals surface area (Å²) in [5.41, 5.74) is 0.620. The van der Waals surface area contributed by atoms with Crippen molar-refractivity contribution in [2.24, 2.45) is 0 Å². The molecule has 0 fully saturated rings. The largest absolute Gasteiger partial charge is 0.507 e. The molecule has 0 aliphatic rings. The predicted octanol–water partition coefficient (Wildman–Crippen LogP) is 1.20. The van der Waals surface area contributed by atoms with Gasteiger partial charge in [0, 0.05) is 11.6 Å². The van der Waals surface area contributed by atoms with Gasteiger partial charge in [-0.1, -0.05) is 12.1 Å². The van der Waals surface area contributed by atoms with E-state index in [1.165, 1.54) is 12.1 Å². The number of esters is 1. The first-order valence-corrected chi connectivity index (χ1v) is 4.62. The number of nitrogens with zero attached hydrogens (tertiary/aromatic N) is 1. The number of aliphatic hydroxyl groups is 1. The van der Waals surface area contributed by atoms with Crippen LogP contribution in [0.15, 0.2) is 30.3 Å². The fourth-order valence-corrected chi connectivity index (χ4v) is 1.12. The van der Waals surface area contributed by atoms with Gasteiger partial charge >= 0.3 is 5.97 Å². The second kappa shape index (κ2) is 5.47. The molecule has 0 unspecified atom stereocenters. The van der Waals surface area contributed by atoms with Gasteiger partial charge in [0.2, 0.25) is 0 Å². The number of methoxy groups -OCH3 is 1. The molecule has 1 aromatic rings. The molecule has 1 rings (SSSR count). The summed E-state index contributed by atoms with van der Waals surface area (Å²) in [7, 11) is 1.07. The number of carbonyl (C=O) groups excluding carboxylic acids is 2. The number of hydrogen-bond donors (Lipinski definition) is 1. The van der Waals surface area contributed by atoms with Crippen LogP contribution >= 0.6 is 0 Å². The first-order valence-electron chi connectivity index (χ1n) is 4.62. The van der Waals surface area contributed by atoms with E-state index in [9.17, 15) is 14.7 Å². The standard InChI is InChI=1S/C12H9NO4/c1-17-12(16)11(15)6-10(14)9-4-2-3-8(5-9)7-13/h2-6,14H,1H3/b10-6-. The van der Waals surface area contributed by atoms with Crippen molar-refractivity contribution in [3.8, 4) is 6.07 Å². The average Bonchev–Trinajstić information content (AvgIpc) is 2.37. The summed E-state index contributed by atoms with van der Waals surface area (Å²) >= 11 is 0. The number of ether oxygens (including phenoxy) is 1. The fraction of sp³-hybridized carbons (Fsp3) is 0.0833. The molecule has 0 radical (unpaired) electrons. The molecule has 1 aromatic carbocycles. The predicted molar refractivity (Wildman–Crippen MR) is 58.8 cm³/mol. The van der Waals surface area contributed by atoms with Gasteiger partial charge in [-0.3, -0.25) is 4.79 Å². The lowest BCUT2D eigenvalue weighted by Gasteiger charge is -2.00. The van der Waals surface area contributed by atoms with E-state index in [1.807, 2.05) is 6.07 Å². The SMILES string of the molecule is COC(=O)C(=O)/C=C(\O)c1cccc(C#N)c1. The van der Waals surface area contributed by atoms with E-state index in [4.69, 9.17) is 5.26 Å². The summed E-state index contributed by atoms with van der Waals surface area (Å²) in [6.45, 7) is 0. The molecule has 5 heteroatoms. The van der Waals surface area contributed by atoms with Crippen molar-refractivity contribution < 1.29 is 19.4 Å². The third kappa shape index (κ3) is 3.18. The minimum Gasteiger partial charge on any atom is -0.507 e. The third-order valence-electron chi connectivity index (χ3n) is 1.94. The summed E-state index contributed by atoms with van der Waals surface area (Å²) in [6.07, 6.45) is 0.752. The molecule has 0 bridgehead atoms. The highest BCUT2D eigenvalue weighted by Gasteiger charge is 2.12. The fourth-order valence-electron chi connectivity index (χ4n) is 1.12. The molecule has 86 valence electrons. The summed E-state index contributed by atoms with van der Waals surface area (Å²) in [5.74, 6) is -2.42. The zero-order chi connectivity index (χ0) is 12.8. The Morgan fingerprint density at radius 1 is 1.47 bits per heavy atom. The maximum absolute atomic E-state index is 11.1. The van der Waals surface area contributed by atoms with Crippen molar-refractivity contribution >= 4 is 17.5 Å². The zero-order valence-electron chi connectivity index (χ0n) is 9.01. The molecule has 0 aliphatic carbocycles. The van der Waals surface area contributed by atoms with Crippen LogP contribution in [0.1, 0.15) is 11.1 Å². The van der Waals surface area contributed by atoms with Crippen LogP contribution in [0, 0.1) is 11.3 Å². The Morgan fingerprint density at radius 2 is 2.18 bits per heavy atom. The smallest absolute Gasteiger partial charge is 0.378 e. The highest BCUT2D eigenvalue weighted by Crippen LogP contribution is 2.13. The van der Waals surface area contributed by atoms with E-state index in [0.717, 1.165) is 13.2 Å². The lowest BCUT2D eigenvalue weighted by Crippen LogP contribution is -2.13. The maximum Gasteiger partial charge on any atom is 0.378 e. The van der Waals surface area contributed by atoms with E-state index in [0.29, 0.717) is 5.56 Å². The third-order valence-corrected chi connectivity index (χ3v) is 1.94. The van der Waals surface area contributed by atoms with E-state index in [2.05, 4.69) is 4.74 Å². The Balaban J connectivity index is 3.00. The van der Waals surface area contributed by atoms with Crippen LogP contribution in [0.25, 0.3) is 5.76 Å². The highest BCUT2D eigenvalue weighted by atomic mass is 16.5. The number of benzene rings is 1. The normalized spacial score (nSPS) is 10.5. The van der Waals surface area contributed by atoms with Crippen molar-refractivity contribution in [3.05, 3.63) is 41.5 Å². The zero-order valence-corrected chi connectivity index (χ0v) is 9.01. The van der Waals surface area contributed by atoms with Crippen LogP contribution in [0.3, 0.4) is 0 Å². The van der Waals surface area contributed by atoms with Crippen molar-refractivity contribution in [1.82, 2.24) is 0 Å². The van der Waals surface area contributed by atoms with Crippen LogP contribution in [-0.2, 0) is 14.3 Å². The summed E-state index contributed by atoms with van der Waals surface area (Å²) in [5, 5.41) is 18.2. The van der Waals surface area contributed by atoms with Crippen molar-refractivity contribution in [2.75, 3.05) is 7.11 Å². The van der Waals surface area contributed by atoms with Crippen LogP contribution < -0.4 is 0 Å². The molecule has 0 saturated heterocycles. The number of aliphatic hydroxyl groups excluding tert-OH is 1. The second-order valence-electron chi connectivity index (χ2n) is 3.08. The Morgan fingerprint density at radius 3 is 2.76 bits per heavy atom. The van der Waals surface area contributed by atoms with Crippen LogP contribution in [0.5, 0.6) is 0 Å². The summed E-state index contributed by atoms with van der Waals surface area (Å²) in [4.78, 5) is 22.0. The quantitative estimate of drug-likeness (QED) is 0.365.